The molecule has 1 aromatic heterocycles. The molecule has 20 heavy (non-hydrogen) atoms. The zero-order valence-electron chi connectivity index (χ0n) is 14.2. The molecule has 1 rings (SSSR count). The molecular formula is C17H31N3. The molecule has 0 aliphatic carbocycles. The molecule has 0 aliphatic heterocycles. The van der Waals surface area contributed by atoms with E-state index in [2.05, 4.69) is 75.9 Å². The van der Waals surface area contributed by atoms with Crippen molar-refractivity contribution >= 4 is 5.82 Å². The Kier molecular flexibility index (Phi) is 6.00. The average Bonchev–Trinajstić information content (AvgIpc) is 2.32. The lowest BCUT2D eigenvalue weighted by Crippen LogP contribution is -2.35. The van der Waals surface area contributed by atoms with Gasteiger partial charge in [-0.25, -0.2) is 4.98 Å². The molecule has 0 atom stereocenters. The third kappa shape index (κ3) is 6.38. The SMILES string of the molecule is Cc1cc(CNC(C)(C)C)cc(N(C)CCC(C)C)n1. The van der Waals surface area contributed by atoms with Crippen LogP contribution < -0.4 is 10.2 Å². The molecule has 0 aliphatic rings. The van der Waals surface area contributed by atoms with Crippen molar-refractivity contribution in [1.29, 1.82) is 0 Å². The molecule has 1 aromatic rings. The Labute approximate surface area is 124 Å². The van der Waals surface area contributed by atoms with Crippen molar-refractivity contribution in [2.75, 3.05) is 18.5 Å². The minimum Gasteiger partial charge on any atom is -0.360 e. The maximum atomic E-state index is 4.65. The highest BCUT2D eigenvalue weighted by atomic mass is 15.2. The lowest BCUT2D eigenvalue weighted by atomic mass is 10.1. The number of rotatable bonds is 6. The molecule has 0 amide bonds. The van der Waals surface area contributed by atoms with Gasteiger partial charge < -0.3 is 10.2 Å². The van der Waals surface area contributed by atoms with Crippen molar-refractivity contribution < 1.29 is 0 Å². The van der Waals surface area contributed by atoms with Crippen molar-refractivity contribution in [1.82, 2.24) is 10.3 Å². The van der Waals surface area contributed by atoms with E-state index >= 15 is 0 Å². The number of aryl methyl sites for hydroxylation is 1. The zero-order valence-corrected chi connectivity index (χ0v) is 14.2. The molecule has 0 fully saturated rings. The van der Waals surface area contributed by atoms with Gasteiger partial charge in [-0.05, 0) is 57.7 Å². The minimum absolute atomic E-state index is 0.140. The number of hydrogen-bond acceptors (Lipinski definition) is 3. The van der Waals surface area contributed by atoms with Gasteiger partial charge in [0, 0.05) is 31.4 Å². The number of nitrogens with zero attached hydrogens (tertiary/aromatic N) is 2. The number of hydrogen-bond donors (Lipinski definition) is 1. The summed E-state index contributed by atoms with van der Waals surface area (Å²) in [5.74, 6) is 1.81. The molecule has 0 saturated heterocycles. The summed E-state index contributed by atoms with van der Waals surface area (Å²) < 4.78 is 0. The summed E-state index contributed by atoms with van der Waals surface area (Å²) in [5, 5.41) is 3.54. The number of pyridine rings is 1. The first-order valence-corrected chi connectivity index (χ1v) is 7.61. The van der Waals surface area contributed by atoms with Crippen LogP contribution in [0, 0.1) is 12.8 Å². The van der Waals surface area contributed by atoms with E-state index in [0.29, 0.717) is 0 Å². The summed E-state index contributed by atoms with van der Waals surface area (Å²) >= 11 is 0. The monoisotopic (exact) mass is 277 g/mol. The Morgan fingerprint density at radius 2 is 1.90 bits per heavy atom. The van der Waals surface area contributed by atoms with Gasteiger partial charge in [0.05, 0.1) is 0 Å². The highest BCUT2D eigenvalue weighted by Gasteiger charge is 2.10. The fourth-order valence-corrected chi connectivity index (χ4v) is 1.95. The first kappa shape index (κ1) is 17.0. The van der Waals surface area contributed by atoms with Gasteiger partial charge in [0.1, 0.15) is 5.82 Å². The second-order valence-corrected chi connectivity index (χ2v) is 7.18. The first-order valence-electron chi connectivity index (χ1n) is 7.61. The van der Waals surface area contributed by atoms with Crippen molar-refractivity contribution in [2.45, 2.75) is 60.0 Å². The maximum Gasteiger partial charge on any atom is 0.128 e. The van der Waals surface area contributed by atoms with Gasteiger partial charge in [-0.3, -0.25) is 0 Å². The smallest absolute Gasteiger partial charge is 0.128 e. The summed E-state index contributed by atoms with van der Waals surface area (Å²) in [4.78, 5) is 6.91. The van der Waals surface area contributed by atoms with Crippen LogP contribution in [0.2, 0.25) is 0 Å². The van der Waals surface area contributed by atoms with E-state index in [0.717, 1.165) is 30.5 Å². The Morgan fingerprint density at radius 1 is 1.25 bits per heavy atom. The van der Waals surface area contributed by atoms with Gasteiger partial charge in [-0.15, -0.1) is 0 Å². The molecule has 114 valence electrons. The maximum absolute atomic E-state index is 4.65. The van der Waals surface area contributed by atoms with Crippen LogP contribution in [0.1, 0.15) is 52.3 Å². The largest absolute Gasteiger partial charge is 0.360 e. The van der Waals surface area contributed by atoms with Crippen LogP contribution in [0.25, 0.3) is 0 Å². The van der Waals surface area contributed by atoms with E-state index in [1.807, 2.05) is 0 Å². The molecule has 3 nitrogen and oxygen atoms in total. The quantitative estimate of drug-likeness (QED) is 0.858. The summed E-state index contributed by atoms with van der Waals surface area (Å²) in [6.07, 6.45) is 1.20. The Balaban J connectivity index is 2.75. The first-order chi connectivity index (χ1) is 9.17. The molecule has 3 heteroatoms. The highest BCUT2D eigenvalue weighted by Crippen LogP contribution is 2.16. The lowest BCUT2D eigenvalue weighted by molar-refractivity contribution is 0.424. The molecule has 0 aromatic carbocycles. The number of aromatic nitrogens is 1. The number of nitrogens with one attached hydrogen (secondary N) is 1. The van der Waals surface area contributed by atoms with Gasteiger partial charge in [-0.1, -0.05) is 13.8 Å². The van der Waals surface area contributed by atoms with E-state index in [-0.39, 0.29) is 5.54 Å². The predicted octanol–water partition coefficient (Wildman–Crippen LogP) is 3.76. The van der Waals surface area contributed by atoms with Gasteiger partial charge in [0.15, 0.2) is 0 Å². The van der Waals surface area contributed by atoms with E-state index in [1.165, 1.54) is 12.0 Å². The molecular weight excluding hydrogens is 246 g/mol. The molecule has 1 heterocycles. The second-order valence-electron chi connectivity index (χ2n) is 7.18. The van der Waals surface area contributed by atoms with E-state index in [4.69, 9.17) is 0 Å². The van der Waals surface area contributed by atoms with Crippen molar-refractivity contribution in [3.63, 3.8) is 0 Å². The third-order valence-electron chi connectivity index (χ3n) is 3.26. The van der Waals surface area contributed by atoms with Gasteiger partial charge in [-0.2, -0.15) is 0 Å². The summed E-state index contributed by atoms with van der Waals surface area (Å²) in [5.41, 5.74) is 2.53. The molecule has 0 spiro atoms. The molecule has 0 bridgehead atoms. The van der Waals surface area contributed by atoms with Crippen molar-refractivity contribution in [2.24, 2.45) is 5.92 Å². The van der Waals surface area contributed by atoms with Crippen LogP contribution in [0.3, 0.4) is 0 Å². The van der Waals surface area contributed by atoms with Gasteiger partial charge >= 0.3 is 0 Å². The average molecular weight is 277 g/mol. The Bertz CT molecular complexity index is 419. The van der Waals surface area contributed by atoms with Crippen LogP contribution in [0.15, 0.2) is 12.1 Å². The summed E-state index contributed by atoms with van der Waals surface area (Å²) in [6.45, 7) is 15.1. The van der Waals surface area contributed by atoms with Crippen LogP contribution in [-0.2, 0) is 6.54 Å². The Hall–Kier alpha value is -1.09. The van der Waals surface area contributed by atoms with E-state index in [1.54, 1.807) is 0 Å². The van der Waals surface area contributed by atoms with Crippen LogP contribution in [0.4, 0.5) is 5.82 Å². The normalized spacial score (nSPS) is 12.0. The molecule has 0 radical (unpaired) electrons. The fourth-order valence-electron chi connectivity index (χ4n) is 1.95. The van der Waals surface area contributed by atoms with Crippen molar-refractivity contribution in [3.05, 3.63) is 23.4 Å². The van der Waals surface area contributed by atoms with E-state index in [9.17, 15) is 0 Å². The second kappa shape index (κ2) is 7.07. The lowest BCUT2D eigenvalue weighted by Gasteiger charge is -2.23. The molecule has 1 N–H and O–H groups in total. The standard InChI is InChI=1S/C17H31N3/c1-13(2)8-9-20(7)16-11-15(10-14(3)19-16)12-18-17(4,5)6/h10-11,13,18H,8-9,12H2,1-7H3. The van der Waals surface area contributed by atoms with E-state index < -0.39 is 0 Å². The topological polar surface area (TPSA) is 28.2 Å². The highest BCUT2D eigenvalue weighted by molar-refractivity contribution is 5.41. The predicted molar refractivity (Wildman–Crippen MR) is 88.3 cm³/mol. The molecule has 0 saturated carbocycles. The zero-order chi connectivity index (χ0) is 15.3. The van der Waals surface area contributed by atoms with Crippen LogP contribution in [-0.4, -0.2) is 24.1 Å². The Morgan fingerprint density at radius 3 is 2.45 bits per heavy atom. The molecule has 0 unspecified atom stereocenters. The fraction of sp³-hybridized carbons (Fsp3) is 0.706. The van der Waals surface area contributed by atoms with Gasteiger partial charge in [0.2, 0.25) is 0 Å². The summed E-state index contributed by atoms with van der Waals surface area (Å²) in [7, 11) is 2.13. The summed E-state index contributed by atoms with van der Waals surface area (Å²) in [6, 6.07) is 4.37. The third-order valence-corrected chi connectivity index (χ3v) is 3.26. The van der Waals surface area contributed by atoms with Crippen LogP contribution >= 0.6 is 0 Å². The van der Waals surface area contributed by atoms with Crippen LogP contribution in [0.5, 0.6) is 0 Å². The number of anilines is 1. The van der Waals surface area contributed by atoms with Crippen molar-refractivity contribution in [3.8, 4) is 0 Å². The van der Waals surface area contributed by atoms with Gasteiger partial charge in [0.25, 0.3) is 0 Å². The minimum atomic E-state index is 0.140.